The van der Waals surface area contributed by atoms with Gasteiger partial charge in [0.2, 0.25) is 0 Å². The van der Waals surface area contributed by atoms with Crippen LogP contribution in [0.1, 0.15) is 80.1 Å². The predicted molar refractivity (Wildman–Crippen MR) is 104 cm³/mol. The van der Waals surface area contributed by atoms with Crippen molar-refractivity contribution < 1.29 is 14.2 Å². The van der Waals surface area contributed by atoms with Crippen molar-refractivity contribution in [1.82, 2.24) is 0 Å². The molecule has 0 aromatic heterocycles. The molecule has 27 heavy (non-hydrogen) atoms. The van der Waals surface area contributed by atoms with E-state index in [1.807, 2.05) is 0 Å². The molecule has 6 aliphatic rings. The van der Waals surface area contributed by atoms with E-state index in [4.69, 9.17) is 14.2 Å². The molecule has 3 heteroatoms. The Hall–Kier alpha value is -0.120. The summed E-state index contributed by atoms with van der Waals surface area (Å²) in [4.78, 5) is 0. The van der Waals surface area contributed by atoms with Gasteiger partial charge in [-0.2, -0.15) is 0 Å². The normalized spacial score (nSPS) is 61.6. The predicted octanol–water partition coefficient (Wildman–Crippen LogP) is 5.38. The Morgan fingerprint density at radius 1 is 0.667 bits per heavy atom. The minimum absolute atomic E-state index is 0.0432. The van der Waals surface area contributed by atoms with Crippen molar-refractivity contribution in [2.45, 2.75) is 105 Å². The third-order valence-corrected chi connectivity index (χ3v) is 11.6. The standard InChI is InChI=1S/C24H38O3/c1-21(2)15-7-9-23(21,5)19-13(15)11-17(26-19)25-18-12-14-16-8-10-24(6,20(14)27-18)22(16,3)4/h13-20H,7-12H2,1-6H3/t13-,14+,15+,16-,17-,18-,19+,20+,23+,24-/m0/s1. The van der Waals surface area contributed by atoms with E-state index in [1.54, 1.807) is 0 Å². The first-order valence-corrected chi connectivity index (χ1v) is 11.6. The molecule has 6 fully saturated rings. The van der Waals surface area contributed by atoms with Crippen LogP contribution in [0.4, 0.5) is 0 Å². The van der Waals surface area contributed by atoms with E-state index in [1.165, 1.54) is 25.7 Å². The maximum absolute atomic E-state index is 6.58. The van der Waals surface area contributed by atoms with E-state index >= 15 is 0 Å². The van der Waals surface area contributed by atoms with Crippen molar-refractivity contribution in [1.29, 1.82) is 0 Å². The van der Waals surface area contributed by atoms with E-state index in [9.17, 15) is 0 Å². The van der Waals surface area contributed by atoms with Crippen LogP contribution in [-0.4, -0.2) is 24.8 Å². The number of fused-ring (bicyclic) bond motifs is 10. The van der Waals surface area contributed by atoms with Crippen LogP contribution < -0.4 is 0 Å². The van der Waals surface area contributed by atoms with Crippen LogP contribution in [0.3, 0.4) is 0 Å². The highest BCUT2D eigenvalue weighted by molar-refractivity contribution is 5.18. The van der Waals surface area contributed by atoms with E-state index in [-0.39, 0.29) is 12.6 Å². The fourth-order valence-corrected chi connectivity index (χ4v) is 9.31. The van der Waals surface area contributed by atoms with Crippen LogP contribution in [0.5, 0.6) is 0 Å². The van der Waals surface area contributed by atoms with Crippen LogP contribution in [0, 0.1) is 45.3 Å². The zero-order valence-corrected chi connectivity index (χ0v) is 18.1. The Labute approximate surface area is 164 Å². The molecule has 0 spiro atoms. The lowest BCUT2D eigenvalue weighted by molar-refractivity contribution is -0.252. The zero-order chi connectivity index (χ0) is 19.0. The van der Waals surface area contributed by atoms with E-state index in [0.717, 1.165) is 24.7 Å². The largest absolute Gasteiger partial charge is 0.348 e. The molecule has 152 valence electrons. The summed E-state index contributed by atoms with van der Waals surface area (Å²) in [5, 5.41) is 0. The lowest BCUT2D eigenvalue weighted by Crippen LogP contribution is -2.39. The van der Waals surface area contributed by atoms with E-state index in [2.05, 4.69) is 41.5 Å². The fourth-order valence-electron chi connectivity index (χ4n) is 9.31. The van der Waals surface area contributed by atoms with Crippen LogP contribution in [0.15, 0.2) is 0 Å². The lowest BCUT2D eigenvalue weighted by atomic mass is 9.70. The van der Waals surface area contributed by atoms with Gasteiger partial charge in [0.25, 0.3) is 0 Å². The smallest absolute Gasteiger partial charge is 0.161 e. The maximum Gasteiger partial charge on any atom is 0.161 e. The Balaban J connectivity index is 1.15. The molecule has 0 aromatic rings. The maximum atomic E-state index is 6.58. The molecule has 2 aliphatic heterocycles. The molecule has 10 atom stereocenters. The molecule has 0 unspecified atom stereocenters. The van der Waals surface area contributed by atoms with Gasteiger partial charge >= 0.3 is 0 Å². The minimum atomic E-state index is -0.0432. The monoisotopic (exact) mass is 374 g/mol. The van der Waals surface area contributed by atoms with Gasteiger partial charge in [0, 0.05) is 12.8 Å². The van der Waals surface area contributed by atoms with E-state index in [0.29, 0.717) is 45.7 Å². The third-order valence-electron chi connectivity index (χ3n) is 11.6. The van der Waals surface area contributed by atoms with Gasteiger partial charge in [0.15, 0.2) is 12.6 Å². The van der Waals surface area contributed by atoms with Gasteiger partial charge in [-0.15, -0.1) is 0 Å². The average molecular weight is 375 g/mol. The zero-order valence-electron chi connectivity index (χ0n) is 18.1. The highest BCUT2D eigenvalue weighted by Crippen LogP contribution is 2.72. The summed E-state index contributed by atoms with van der Waals surface area (Å²) in [5.41, 5.74) is 1.47. The molecule has 4 bridgehead atoms. The first-order chi connectivity index (χ1) is 12.6. The van der Waals surface area contributed by atoms with Crippen molar-refractivity contribution in [3.63, 3.8) is 0 Å². The summed E-state index contributed by atoms with van der Waals surface area (Å²) in [6.07, 6.45) is 8.24. The Kier molecular flexibility index (Phi) is 3.25. The van der Waals surface area contributed by atoms with Crippen molar-refractivity contribution >= 4 is 0 Å². The molecular formula is C24H38O3. The Bertz CT molecular complexity index is 615. The molecule has 2 heterocycles. The van der Waals surface area contributed by atoms with Crippen LogP contribution >= 0.6 is 0 Å². The first-order valence-electron chi connectivity index (χ1n) is 11.6. The van der Waals surface area contributed by atoms with Gasteiger partial charge in [0.05, 0.1) is 12.2 Å². The molecule has 6 rings (SSSR count). The third kappa shape index (κ3) is 1.83. The quantitative estimate of drug-likeness (QED) is 0.650. The Morgan fingerprint density at radius 3 is 1.44 bits per heavy atom. The van der Waals surface area contributed by atoms with Gasteiger partial charge in [-0.3, -0.25) is 0 Å². The molecular weight excluding hydrogens is 336 g/mol. The van der Waals surface area contributed by atoms with Gasteiger partial charge in [-0.05, 0) is 71.0 Å². The van der Waals surface area contributed by atoms with E-state index < -0.39 is 0 Å². The molecule has 0 N–H and O–H groups in total. The van der Waals surface area contributed by atoms with Crippen molar-refractivity contribution in [3.05, 3.63) is 0 Å². The SMILES string of the molecule is CC1(C)[C@H]2CC[C@@]1(C)[C@@H]1O[C@H](O[C@@H]3C[C@H]4[C@H]5CC[C@](C)([C@@H]4O3)C5(C)C)C[C@@H]12. The van der Waals surface area contributed by atoms with Gasteiger partial charge in [-0.25, -0.2) is 0 Å². The second-order valence-corrected chi connectivity index (χ2v) is 12.5. The van der Waals surface area contributed by atoms with Crippen molar-refractivity contribution in [3.8, 4) is 0 Å². The van der Waals surface area contributed by atoms with Gasteiger partial charge in [0.1, 0.15) is 0 Å². The molecule has 0 amide bonds. The summed E-state index contributed by atoms with van der Waals surface area (Å²) in [7, 11) is 0. The second kappa shape index (κ2) is 4.95. The number of ether oxygens (including phenoxy) is 3. The van der Waals surface area contributed by atoms with Gasteiger partial charge < -0.3 is 14.2 Å². The fraction of sp³-hybridized carbons (Fsp3) is 1.00. The van der Waals surface area contributed by atoms with Crippen LogP contribution in [-0.2, 0) is 14.2 Å². The minimum Gasteiger partial charge on any atom is -0.348 e. The Morgan fingerprint density at radius 2 is 1.07 bits per heavy atom. The molecule has 2 saturated heterocycles. The number of hydrogen-bond acceptors (Lipinski definition) is 3. The molecule has 0 aromatic carbocycles. The number of hydrogen-bond donors (Lipinski definition) is 0. The molecule has 4 aliphatic carbocycles. The first kappa shape index (κ1) is 17.7. The van der Waals surface area contributed by atoms with Crippen LogP contribution in [0.2, 0.25) is 0 Å². The van der Waals surface area contributed by atoms with Crippen molar-refractivity contribution in [2.75, 3.05) is 0 Å². The van der Waals surface area contributed by atoms with Crippen molar-refractivity contribution in [2.24, 2.45) is 45.3 Å². The second-order valence-electron chi connectivity index (χ2n) is 12.5. The lowest BCUT2D eigenvalue weighted by Gasteiger charge is -2.39. The average Bonchev–Trinajstić information content (AvgIpc) is 3.33. The highest BCUT2D eigenvalue weighted by atomic mass is 16.8. The summed E-state index contributed by atoms with van der Waals surface area (Å²) < 4.78 is 19.6. The molecule has 0 radical (unpaired) electrons. The summed E-state index contributed by atoms with van der Waals surface area (Å²) in [6.45, 7) is 14.8. The summed E-state index contributed by atoms with van der Waals surface area (Å²) in [6, 6.07) is 0. The topological polar surface area (TPSA) is 27.7 Å². The molecule has 3 nitrogen and oxygen atoms in total. The number of rotatable bonds is 2. The van der Waals surface area contributed by atoms with Crippen LogP contribution in [0.25, 0.3) is 0 Å². The summed E-state index contributed by atoms with van der Waals surface area (Å²) >= 11 is 0. The van der Waals surface area contributed by atoms with Gasteiger partial charge in [-0.1, -0.05) is 41.5 Å². The highest BCUT2D eigenvalue weighted by Gasteiger charge is 2.71. The summed E-state index contributed by atoms with van der Waals surface area (Å²) in [5.74, 6) is 3.00. The molecule has 4 saturated carbocycles.